The van der Waals surface area contributed by atoms with Gasteiger partial charge in [-0.25, -0.2) is 8.42 Å². The van der Waals surface area contributed by atoms with Gasteiger partial charge in [-0.15, -0.1) is 0 Å². The summed E-state index contributed by atoms with van der Waals surface area (Å²) in [7, 11) is -2.88. The van der Waals surface area contributed by atoms with E-state index in [0.717, 1.165) is 15.7 Å². The third kappa shape index (κ3) is 3.05. The summed E-state index contributed by atoms with van der Waals surface area (Å²) in [6.45, 7) is 2.69. The summed E-state index contributed by atoms with van der Waals surface area (Å²) in [4.78, 5) is 2.02. The third-order valence-electron chi connectivity index (χ3n) is 3.12. The first kappa shape index (κ1) is 13.8. The molecule has 0 aromatic heterocycles. The number of nitrogens with zero attached hydrogens (tertiary/aromatic N) is 1. The maximum absolute atomic E-state index is 11.4. The highest BCUT2D eigenvalue weighted by Crippen LogP contribution is 2.30. The summed E-state index contributed by atoms with van der Waals surface area (Å²) in [5.74, 6) is 0.366. The lowest BCUT2D eigenvalue weighted by atomic mass is 10.1. The second-order valence-corrected chi connectivity index (χ2v) is 7.74. The van der Waals surface area contributed by atoms with Gasteiger partial charge in [0.2, 0.25) is 0 Å². The fourth-order valence-electron chi connectivity index (χ4n) is 2.10. The number of anilines is 1. The highest BCUT2D eigenvalue weighted by Gasteiger charge is 2.24. The van der Waals surface area contributed by atoms with Gasteiger partial charge < -0.3 is 10.0 Å². The van der Waals surface area contributed by atoms with E-state index in [4.69, 9.17) is 0 Å². The molecular formula is C12H16BrNO3S. The monoisotopic (exact) mass is 333 g/mol. The molecule has 2 rings (SSSR count). The topological polar surface area (TPSA) is 57.6 Å². The van der Waals surface area contributed by atoms with Crippen molar-refractivity contribution in [3.63, 3.8) is 0 Å². The minimum atomic E-state index is -2.88. The van der Waals surface area contributed by atoms with Gasteiger partial charge in [-0.3, -0.25) is 0 Å². The average Bonchev–Trinajstić information content (AvgIpc) is 2.29. The molecule has 1 aromatic rings. The number of hydrogen-bond acceptors (Lipinski definition) is 4. The molecule has 100 valence electrons. The molecule has 6 heteroatoms. The number of aliphatic hydroxyl groups excluding tert-OH is 1. The molecule has 4 nitrogen and oxygen atoms in total. The summed E-state index contributed by atoms with van der Waals surface area (Å²) >= 11 is 3.38. The summed E-state index contributed by atoms with van der Waals surface area (Å²) in [5.41, 5.74) is 1.74. The molecule has 0 spiro atoms. The Kier molecular flexibility index (Phi) is 3.99. The van der Waals surface area contributed by atoms with Gasteiger partial charge in [0.15, 0.2) is 9.84 Å². The minimum Gasteiger partial charge on any atom is -0.389 e. The quantitative estimate of drug-likeness (QED) is 0.895. The lowest BCUT2D eigenvalue weighted by Gasteiger charge is -2.31. The normalized spacial score (nSPS) is 20.7. The van der Waals surface area contributed by atoms with Crippen molar-refractivity contribution in [2.24, 2.45) is 0 Å². The second kappa shape index (κ2) is 5.19. The van der Waals surface area contributed by atoms with Crippen molar-refractivity contribution >= 4 is 31.5 Å². The van der Waals surface area contributed by atoms with Crippen LogP contribution in [-0.2, 0) is 9.84 Å². The maximum atomic E-state index is 11.4. The van der Waals surface area contributed by atoms with E-state index in [2.05, 4.69) is 15.9 Å². The highest BCUT2D eigenvalue weighted by molar-refractivity contribution is 9.10. The molecule has 0 saturated carbocycles. The van der Waals surface area contributed by atoms with E-state index in [1.807, 2.05) is 23.1 Å². The van der Waals surface area contributed by atoms with Crippen LogP contribution in [0.4, 0.5) is 5.69 Å². The molecule has 0 aliphatic carbocycles. The number of benzene rings is 1. The Morgan fingerprint density at radius 1 is 1.33 bits per heavy atom. The molecule has 1 heterocycles. The number of aliphatic hydroxyl groups is 1. The van der Waals surface area contributed by atoms with Crippen molar-refractivity contribution in [1.82, 2.24) is 0 Å². The standard InChI is InChI=1S/C12H16BrNO3S/c1-9(15)11-8-10(13)2-3-12(11)14-4-6-18(16,17)7-5-14/h2-3,8-9,15H,4-7H2,1H3. The Labute approximate surface area is 116 Å². The first-order valence-electron chi connectivity index (χ1n) is 5.82. The Balaban J connectivity index is 2.29. The molecule has 1 saturated heterocycles. The zero-order valence-electron chi connectivity index (χ0n) is 10.1. The van der Waals surface area contributed by atoms with Crippen molar-refractivity contribution < 1.29 is 13.5 Å². The summed E-state index contributed by atoms with van der Waals surface area (Å²) in [6.07, 6.45) is -0.573. The zero-order chi connectivity index (χ0) is 13.3. The molecular weight excluding hydrogens is 318 g/mol. The van der Waals surface area contributed by atoms with Gasteiger partial charge in [0, 0.05) is 28.8 Å². The van der Waals surface area contributed by atoms with Crippen LogP contribution < -0.4 is 4.90 Å². The van der Waals surface area contributed by atoms with Gasteiger partial charge in [-0.05, 0) is 25.1 Å². The fourth-order valence-corrected chi connectivity index (χ4v) is 3.68. The van der Waals surface area contributed by atoms with Gasteiger partial charge in [-0.1, -0.05) is 15.9 Å². The van der Waals surface area contributed by atoms with Crippen LogP contribution in [-0.4, -0.2) is 38.1 Å². The molecule has 1 fully saturated rings. The summed E-state index contributed by atoms with van der Waals surface area (Å²) in [5, 5.41) is 9.80. The van der Waals surface area contributed by atoms with E-state index in [9.17, 15) is 13.5 Å². The van der Waals surface area contributed by atoms with Crippen LogP contribution in [0, 0.1) is 0 Å². The van der Waals surface area contributed by atoms with Crippen molar-refractivity contribution in [3.8, 4) is 0 Å². The van der Waals surface area contributed by atoms with Crippen LogP contribution in [0.5, 0.6) is 0 Å². The predicted molar refractivity (Wildman–Crippen MR) is 75.6 cm³/mol. The van der Waals surface area contributed by atoms with Crippen LogP contribution in [0.25, 0.3) is 0 Å². The van der Waals surface area contributed by atoms with Crippen LogP contribution >= 0.6 is 15.9 Å². The molecule has 0 radical (unpaired) electrons. The molecule has 1 aromatic carbocycles. The van der Waals surface area contributed by atoms with Crippen molar-refractivity contribution in [2.75, 3.05) is 29.5 Å². The van der Waals surface area contributed by atoms with E-state index in [-0.39, 0.29) is 11.5 Å². The first-order chi connectivity index (χ1) is 8.39. The van der Waals surface area contributed by atoms with Gasteiger partial charge >= 0.3 is 0 Å². The van der Waals surface area contributed by atoms with Gasteiger partial charge in [0.25, 0.3) is 0 Å². The van der Waals surface area contributed by atoms with Gasteiger partial charge in [0.05, 0.1) is 17.6 Å². The molecule has 0 amide bonds. The second-order valence-electron chi connectivity index (χ2n) is 4.52. The molecule has 1 aliphatic heterocycles. The molecule has 1 aliphatic rings. The lowest BCUT2D eigenvalue weighted by molar-refractivity contribution is 0.199. The zero-order valence-corrected chi connectivity index (χ0v) is 12.5. The Morgan fingerprint density at radius 2 is 1.94 bits per heavy atom. The van der Waals surface area contributed by atoms with Crippen LogP contribution in [0.1, 0.15) is 18.6 Å². The maximum Gasteiger partial charge on any atom is 0.153 e. The SMILES string of the molecule is CC(O)c1cc(Br)ccc1N1CCS(=O)(=O)CC1. The molecule has 1 atom stereocenters. The number of halogens is 1. The van der Waals surface area contributed by atoms with E-state index in [1.165, 1.54) is 0 Å². The minimum absolute atomic E-state index is 0.183. The largest absolute Gasteiger partial charge is 0.389 e. The first-order valence-corrected chi connectivity index (χ1v) is 8.43. The number of hydrogen-bond donors (Lipinski definition) is 1. The van der Waals surface area contributed by atoms with E-state index < -0.39 is 15.9 Å². The average molecular weight is 334 g/mol. The van der Waals surface area contributed by atoms with Crippen molar-refractivity contribution in [3.05, 3.63) is 28.2 Å². The molecule has 1 N–H and O–H groups in total. The van der Waals surface area contributed by atoms with Crippen LogP contribution in [0.15, 0.2) is 22.7 Å². The van der Waals surface area contributed by atoms with E-state index in [0.29, 0.717) is 13.1 Å². The van der Waals surface area contributed by atoms with E-state index >= 15 is 0 Å². The summed E-state index contributed by atoms with van der Waals surface area (Å²) < 4.78 is 23.7. The van der Waals surface area contributed by atoms with Crippen molar-refractivity contribution in [2.45, 2.75) is 13.0 Å². The Bertz CT molecular complexity index is 528. The predicted octanol–water partition coefficient (Wildman–Crippen LogP) is 1.74. The highest BCUT2D eigenvalue weighted by atomic mass is 79.9. The lowest BCUT2D eigenvalue weighted by Crippen LogP contribution is -2.40. The van der Waals surface area contributed by atoms with Crippen molar-refractivity contribution in [1.29, 1.82) is 0 Å². The molecule has 0 bridgehead atoms. The number of sulfone groups is 1. The van der Waals surface area contributed by atoms with Crippen LogP contribution in [0.3, 0.4) is 0 Å². The number of rotatable bonds is 2. The molecule has 18 heavy (non-hydrogen) atoms. The fraction of sp³-hybridized carbons (Fsp3) is 0.500. The Morgan fingerprint density at radius 3 is 2.50 bits per heavy atom. The van der Waals surface area contributed by atoms with Gasteiger partial charge in [-0.2, -0.15) is 0 Å². The third-order valence-corrected chi connectivity index (χ3v) is 5.23. The van der Waals surface area contributed by atoms with Crippen LogP contribution in [0.2, 0.25) is 0 Å². The summed E-state index contributed by atoms with van der Waals surface area (Å²) in [6, 6.07) is 5.71. The Hall–Kier alpha value is -0.590. The van der Waals surface area contributed by atoms with Gasteiger partial charge in [0.1, 0.15) is 0 Å². The smallest absolute Gasteiger partial charge is 0.153 e. The van der Waals surface area contributed by atoms with E-state index in [1.54, 1.807) is 6.92 Å². The molecule has 1 unspecified atom stereocenters.